The average molecular weight is 260 g/mol. The molecule has 0 spiro atoms. The molecule has 0 aliphatic carbocycles. The topological polar surface area (TPSA) is 80.0 Å². The average Bonchev–Trinajstić information content (AvgIpc) is 2.44. The fourth-order valence-electron chi connectivity index (χ4n) is 2.71. The second-order valence-corrected chi connectivity index (χ2v) is 4.93. The molecule has 0 radical (unpaired) electrons. The zero-order chi connectivity index (χ0) is 13.4. The Morgan fingerprint density at radius 1 is 1.53 bits per heavy atom. The van der Waals surface area contributed by atoms with E-state index < -0.39 is 6.10 Å². The Hall–Kier alpha value is -1.79. The summed E-state index contributed by atoms with van der Waals surface area (Å²) in [5.41, 5.74) is 1.18. The number of aliphatic hydroxyl groups excluding tert-OH is 1. The maximum absolute atomic E-state index is 12.4. The first kappa shape index (κ1) is 12.3. The van der Waals surface area contributed by atoms with Gasteiger partial charge in [-0.25, -0.2) is 9.97 Å². The van der Waals surface area contributed by atoms with E-state index in [4.69, 9.17) is 0 Å². The number of β-amino-alcohol motifs (C(OH)–C–C–N with tert-alkyl or cyclic N) is 1. The third kappa shape index (κ3) is 2.02. The summed E-state index contributed by atoms with van der Waals surface area (Å²) in [5.74, 6) is -0.121. The van der Waals surface area contributed by atoms with Gasteiger partial charge < -0.3 is 10.4 Å². The van der Waals surface area contributed by atoms with Gasteiger partial charge >= 0.3 is 0 Å². The summed E-state index contributed by atoms with van der Waals surface area (Å²) in [5, 5.41) is 14.0. The molecule has 3 heterocycles. The molecule has 19 heavy (non-hydrogen) atoms. The molecule has 1 aliphatic heterocycles. The summed E-state index contributed by atoms with van der Waals surface area (Å²) >= 11 is 0. The van der Waals surface area contributed by atoms with E-state index in [1.165, 1.54) is 10.9 Å². The predicted octanol–water partition coefficient (Wildman–Crippen LogP) is -0.234. The fraction of sp³-hybridized carbons (Fsp3) is 0.462. The predicted molar refractivity (Wildman–Crippen MR) is 71.0 cm³/mol. The van der Waals surface area contributed by atoms with Crippen LogP contribution in [0, 0.1) is 0 Å². The van der Waals surface area contributed by atoms with Gasteiger partial charge in [0.15, 0.2) is 0 Å². The Bertz CT molecular complexity index is 667. The number of aryl methyl sites for hydroxylation is 1. The largest absolute Gasteiger partial charge is 0.391 e. The van der Waals surface area contributed by atoms with Gasteiger partial charge in [-0.15, -0.1) is 0 Å². The van der Waals surface area contributed by atoms with Crippen molar-refractivity contribution in [2.24, 2.45) is 7.05 Å². The van der Waals surface area contributed by atoms with Crippen LogP contribution in [0.4, 0.5) is 0 Å². The van der Waals surface area contributed by atoms with E-state index in [0.717, 1.165) is 18.4 Å². The van der Waals surface area contributed by atoms with Crippen molar-refractivity contribution < 1.29 is 5.11 Å². The van der Waals surface area contributed by atoms with Crippen molar-refractivity contribution in [3.05, 3.63) is 34.5 Å². The van der Waals surface area contributed by atoms with Crippen molar-refractivity contribution >= 4 is 11.0 Å². The zero-order valence-electron chi connectivity index (χ0n) is 10.7. The Morgan fingerprint density at radius 3 is 3.16 bits per heavy atom. The van der Waals surface area contributed by atoms with Gasteiger partial charge in [0.1, 0.15) is 12.0 Å². The third-order valence-corrected chi connectivity index (χ3v) is 3.75. The highest BCUT2D eigenvalue weighted by Crippen LogP contribution is 2.24. The van der Waals surface area contributed by atoms with Crippen LogP contribution in [0.25, 0.3) is 11.0 Å². The van der Waals surface area contributed by atoms with E-state index in [-0.39, 0.29) is 11.5 Å². The number of pyridine rings is 1. The number of rotatable bonds is 1. The highest BCUT2D eigenvalue weighted by Gasteiger charge is 2.27. The molecule has 2 aromatic rings. The molecule has 2 unspecified atom stereocenters. The minimum Gasteiger partial charge on any atom is -0.391 e. The standard InChI is InChI=1S/C13H16N4O2/c1-17-12-8(5-15-7-16-12)4-10(13(17)19)9-2-3-14-6-11(9)18/h4-5,7,9,11,14,18H,2-3,6H2,1H3. The van der Waals surface area contributed by atoms with Crippen molar-refractivity contribution in [3.63, 3.8) is 0 Å². The number of hydrogen-bond donors (Lipinski definition) is 2. The summed E-state index contributed by atoms with van der Waals surface area (Å²) in [6, 6.07) is 1.82. The summed E-state index contributed by atoms with van der Waals surface area (Å²) in [6.07, 6.45) is 3.36. The van der Waals surface area contributed by atoms with Crippen LogP contribution in [0.2, 0.25) is 0 Å². The lowest BCUT2D eigenvalue weighted by atomic mass is 9.88. The number of nitrogens with one attached hydrogen (secondary N) is 1. The Kier molecular flexibility index (Phi) is 3.04. The molecular weight excluding hydrogens is 244 g/mol. The van der Waals surface area contributed by atoms with Crippen molar-refractivity contribution in [2.75, 3.05) is 13.1 Å². The van der Waals surface area contributed by atoms with Crippen molar-refractivity contribution in [1.82, 2.24) is 19.9 Å². The van der Waals surface area contributed by atoms with Crippen molar-refractivity contribution in [3.8, 4) is 0 Å². The van der Waals surface area contributed by atoms with Crippen LogP contribution in [-0.2, 0) is 7.05 Å². The molecule has 0 saturated carbocycles. The molecular formula is C13H16N4O2. The van der Waals surface area contributed by atoms with E-state index in [0.29, 0.717) is 17.8 Å². The molecule has 0 bridgehead atoms. The molecule has 1 aliphatic rings. The monoisotopic (exact) mass is 260 g/mol. The highest BCUT2D eigenvalue weighted by molar-refractivity contribution is 5.74. The summed E-state index contributed by atoms with van der Waals surface area (Å²) in [6.45, 7) is 1.34. The number of fused-ring (bicyclic) bond motifs is 1. The molecule has 2 atom stereocenters. The second-order valence-electron chi connectivity index (χ2n) is 4.93. The van der Waals surface area contributed by atoms with E-state index in [9.17, 15) is 9.90 Å². The Labute approximate surface area is 110 Å². The van der Waals surface area contributed by atoms with Crippen molar-refractivity contribution in [1.29, 1.82) is 0 Å². The van der Waals surface area contributed by atoms with Crippen molar-refractivity contribution in [2.45, 2.75) is 18.4 Å². The smallest absolute Gasteiger partial charge is 0.255 e. The molecule has 100 valence electrons. The molecule has 6 nitrogen and oxygen atoms in total. The summed E-state index contributed by atoms with van der Waals surface area (Å²) < 4.78 is 1.53. The zero-order valence-corrected chi connectivity index (χ0v) is 10.7. The van der Waals surface area contributed by atoms with Gasteiger partial charge in [-0.3, -0.25) is 9.36 Å². The quantitative estimate of drug-likeness (QED) is 0.740. The lowest BCUT2D eigenvalue weighted by Gasteiger charge is -2.28. The maximum Gasteiger partial charge on any atom is 0.255 e. The van der Waals surface area contributed by atoms with Crippen LogP contribution in [0.1, 0.15) is 17.9 Å². The van der Waals surface area contributed by atoms with Gasteiger partial charge in [0.25, 0.3) is 5.56 Å². The SMILES string of the molecule is Cn1c(=O)c(C2CCNCC2O)cc2cncnc21. The second kappa shape index (κ2) is 4.71. The molecule has 2 aromatic heterocycles. The van der Waals surface area contributed by atoms with Crippen LogP contribution >= 0.6 is 0 Å². The minimum atomic E-state index is -0.525. The van der Waals surface area contributed by atoms with Gasteiger partial charge in [0.2, 0.25) is 0 Å². The summed E-state index contributed by atoms with van der Waals surface area (Å²) in [7, 11) is 1.70. The van der Waals surface area contributed by atoms with E-state index in [1.54, 1.807) is 13.2 Å². The third-order valence-electron chi connectivity index (χ3n) is 3.75. The molecule has 1 saturated heterocycles. The van der Waals surface area contributed by atoms with Crippen LogP contribution in [0.5, 0.6) is 0 Å². The molecule has 2 N–H and O–H groups in total. The number of hydrogen-bond acceptors (Lipinski definition) is 5. The number of aliphatic hydroxyl groups is 1. The van der Waals surface area contributed by atoms with E-state index >= 15 is 0 Å². The van der Waals surface area contributed by atoms with Gasteiger partial charge in [0, 0.05) is 36.7 Å². The van der Waals surface area contributed by atoms with E-state index in [2.05, 4.69) is 15.3 Å². The molecule has 0 aromatic carbocycles. The normalized spacial score (nSPS) is 23.7. The molecule has 6 heteroatoms. The van der Waals surface area contributed by atoms with Gasteiger partial charge in [-0.2, -0.15) is 0 Å². The first-order chi connectivity index (χ1) is 9.18. The lowest BCUT2D eigenvalue weighted by Crippen LogP contribution is -2.41. The van der Waals surface area contributed by atoms with Gasteiger partial charge in [-0.1, -0.05) is 0 Å². The number of nitrogens with zero attached hydrogens (tertiary/aromatic N) is 3. The van der Waals surface area contributed by atoms with Crippen LogP contribution < -0.4 is 10.9 Å². The molecule has 1 fully saturated rings. The van der Waals surface area contributed by atoms with Crippen LogP contribution in [0.15, 0.2) is 23.4 Å². The van der Waals surface area contributed by atoms with E-state index in [1.807, 2.05) is 6.07 Å². The van der Waals surface area contributed by atoms with Gasteiger partial charge in [0.05, 0.1) is 6.10 Å². The Morgan fingerprint density at radius 2 is 2.37 bits per heavy atom. The summed E-state index contributed by atoms with van der Waals surface area (Å²) in [4.78, 5) is 20.5. The minimum absolute atomic E-state index is 0.0860. The fourth-order valence-corrected chi connectivity index (χ4v) is 2.71. The first-order valence-corrected chi connectivity index (χ1v) is 6.37. The van der Waals surface area contributed by atoms with Crippen LogP contribution in [0.3, 0.4) is 0 Å². The lowest BCUT2D eigenvalue weighted by molar-refractivity contribution is 0.118. The highest BCUT2D eigenvalue weighted by atomic mass is 16.3. The first-order valence-electron chi connectivity index (χ1n) is 6.37. The van der Waals surface area contributed by atoms with Crippen LogP contribution in [-0.4, -0.2) is 38.8 Å². The Balaban J connectivity index is 2.18. The van der Waals surface area contributed by atoms with Gasteiger partial charge in [-0.05, 0) is 19.0 Å². The molecule has 3 rings (SSSR count). The number of aromatic nitrogens is 3. The number of piperidine rings is 1. The molecule has 0 amide bonds. The maximum atomic E-state index is 12.4.